The van der Waals surface area contributed by atoms with Crippen molar-refractivity contribution < 1.29 is 41.0 Å². The first-order chi connectivity index (χ1) is 18.9. The monoisotopic (exact) mass is 588 g/mol. The van der Waals surface area contributed by atoms with E-state index in [1.165, 1.54) is 60.0 Å². The molecule has 0 bridgehead atoms. The molecule has 0 atom stereocenters. The molecule has 2 heterocycles. The van der Waals surface area contributed by atoms with Crippen LogP contribution < -0.4 is 9.47 Å². The van der Waals surface area contributed by atoms with Crippen molar-refractivity contribution in [1.82, 2.24) is 8.96 Å². The van der Waals surface area contributed by atoms with E-state index in [4.69, 9.17) is 9.84 Å². The van der Waals surface area contributed by atoms with E-state index in [0.29, 0.717) is 38.2 Å². The topological polar surface area (TPSA) is 108 Å². The van der Waals surface area contributed by atoms with Gasteiger partial charge in [0, 0.05) is 28.7 Å². The number of aryl methyl sites for hydroxylation is 1. The van der Waals surface area contributed by atoms with Crippen molar-refractivity contribution >= 4 is 38.2 Å². The number of benzene rings is 3. The number of hydrogen-bond acceptors (Lipinski definition) is 7. The molecule has 40 heavy (non-hydrogen) atoms. The fourth-order valence-electron chi connectivity index (χ4n) is 4.15. The van der Waals surface area contributed by atoms with E-state index in [0.717, 1.165) is 3.97 Å². The lowest BCUT2D eigenvalue weighted by Gasteiger charge is -2.12. The molecule has 5 rings (SSSR count). The first kappa shape index (κ1) is 27.2. The van der Waals surface area contributed by atoms with E-state index in [2.05, 4.69) is 9.72 Å². The van der Waals surface area contributed by atoms with Crippen molar-refractivity contribution in [1.29, 1.82) is 0 Å². The molecular formula is C27H19F3N2O6S2. The molecule has 0 saturated carbocycles. The Balaban J connectivity index is 1.58. The van der Waals surface area contributed by atoms with Gasteiger partial charge in [0.25, 0.3) is 10.0 Å². The number of halogens is 3. The van der Waals surface area contributed by atoms with E-state index in [1.807, 2.05) is 0 Å². The minimum Gasteiger partial charge on any atom is -0.482 e. The fourth-order valence-corrected chi connectivity index (χ4v) is 6.27. The van der Waals surface area contributed by atoms with Gasteiger partial charge in [-0.15, -0.1) is 24.5 Å². The third-order valence-corrected chi connectivity index (χ3v) is 8.38. The van der Waals surface area contributed by atoms with E-state index in [1.54, 1.807) is 36.7 Å². The molecule has 13 heteroatoms. The summed E-state index contributed by atoms with van der Waals surface area (Å²) in [4.78, 5) is 15.1. The molecule has 8 nitrogen and oxygen atoms in total. The van der Waals surface area contributed by atoms with Gasteiger partial charge in [0.05, 0.1) is 10.4 Å². The lowest BCUT2D eigenvalue weighted by molar-refractivity contribution is -0.274. The zero-order valence-electron chi connectivity index (χ0n) is 20.5. The van der Waals surface area contributed by atoms with Gasteiger partial charge >= 0.3 is 12.3 Å². The van der Waals surface area contributed by atoms with Crippen LogP contribution >= 0.6 is 11.3 Å². The number of carbonyl (C=O) groups is 1. The van der Waals surface area contributed by atoms with Crippen molar-refractivity contribution in [3.63, 3.8) is 0 Å². The summed E-state index contributed by atoms with van der Waals surface area (Å²) in [6, 6.07) is 14.6. The van der Waals surface area contributed by atoms with Crippen molar-refractivity contribution in [2.45, 2.75) is 18.2 Å². The first-order valence-electron chi connectivity index (χ1n) is 11.5. The first-order valence-corrected chi connectivity index (χ1v) is 13.9. The zero-order chi connectivity index (χ0) is 28.7. The van der Waals surface area contributed by atoms with Crippen LogP contribution in [-0.2, 0) is 14.8 Å². The maximum atomic E-state index is 13.8. The highest BCUT2D eigenvalue weighted by Crippen LogP contribution is 2.37. The molecular weight excluding hydrogens is 569 g/mol. The average molecular weight is 589 g/mol. The summed E-state index contributed by atoms with van der Waals surface area (Å²) in [5, 5.41) is 11.8. The van der Waals surface area contributed by atoms with Gasteiger partial charge in [-0.2, -0.15) is 0 Å². The Bertz CT molecular complexity index is 1810. The molecule has 5 aromatic rings. The smallest absolute Gasteiger partial charge is 0.482 e. The number of nitrogens with zero attached hydrogens (tertiary/aromatic N) is 2. The van der Waals surface area contributed by atoms with Gasteiger partial charge in [-0.05, 0) is 66.1 Å². The summed E-state index contributed by atoms with van der Waals surface area (Å²) in [5.41, 5.74) is 2.62. The molecule has 0 aliphatic heterocycles. The summed E-state index contributed by atoms with van der Waals surface area (Å²) in [7, 11) is -4.11. The Labute approximate surface area is 229 Å². The van der Waals surface area contributed by atoms with E-state index in [9.17, 15) is 26.4 Å². The summed E-state index contributed by atoms with van der Waals surface area (Å²) < 4.78 is 75.5. The Morgan fingerprint density at radius 1 is 1.05 bits per heavy atom. The van der Waals surface area contributed by atoms with E-state index in [-0.39, 0.29) is 16.4 Å². The number of fused-ring (bicyclic) bond motifs is 1. The number of carboxylic acids is 1. The highest BCUT2D eigenvalue weighted by atomic mass is 32.2. The minimum absolute atomic E-state index is 0.0282. The third kappa shape index (κ3) is 5.51. The van der Waals surface area contributed by atoms with Crippen LogP contribution in [0.5, 0.6) is 11.5 Å². The Hall–Kier alpha value is -4.36. The molecule has 0 aliphatic carbocycles. The standard InChI is InChI=1S/C27H19F3N2O6S2/c1-16-12-20(7-9-24(16)37-15-25(33)34)40(35,36)32-14-22(26-31-10-11-39-26)21-13-18(4-8-23(21)32)17-2-5-19(6-3-17)38-27(28,29)30/h2-14H,15H2,1H3,(H,33,34). The summed E-state index contributed by atoms with van der Waals surface area (Å²) >= 11 is 1.32. The predicted octanol–water partition coefficient (Wildman–Crippen LogP) is 6.34. The zero-order valence-corrected chi connectivity index (χ0v) is 22.2. The number of aromatic nitrogens is 2. The Kier molecular flexibility index (Phi) is 7.02. The quantitative estimate of drug-likeness (QED) is 0.225. The molecule has 2 aromatic heterocycles. The highest BCUT2D eigenvalue weighted by Gasteiger charge is 2.31. The number of carboxylic acid groups (broad SMARTS) is 1. The second-order valence-electron chi connectivity index (χ2n) is 8.59. The second kappa shape index (κ2) is 10.3. The van der Waals surface area contributed by atoms with E-state index >= 15 is 0 Å². The van der Waals surface area contributed by atoms with Crippen LogP contribution in [0, 0.1) is 6.92 Å². The van der Waals surface area contributed by atoms with Gasteiger partial charge in [-0.3, -0.25) is 0 Å². The maximum Gasteiger partial charge on any atom is 0.573 e. The maximum absolute atomic E-state index is 13.8. The molecule has 0 radical (unpaired) electrons. The summed E-state index contributed by atoms with van der Waals surface area (Å²) in [5.74, 6) is -1.26. The molecule has 3 aromatic carbocycles. The number of hydrogen-bond donors (Lipinski definition) is 1. The van der Waals surface area contributed by atoms with Gasteiger partial charge in [-0.25, -0.2) is 22.2 Å². The molecule has 0 unspecified atom stereocenters. The lowest BCUT2D eigenvalue weighted by Crippen LogP contribution is -2.16. The molecule has 0 amide bonds. The molecule has 0 aliphatic rings. The van der Waals surface area contributed by atoms with Crippen molar-refractivity contribution in [3.8, 4) is 33.2 Å². The predicted molar refractivity (Wildman–Crippen MR) is 142 cm³/mol. The van der Waals surface area contributed by atoms with Crippen LogP contribution in [0.3, 0.4) is 0 Å². The fraction of sp³-hybridized carbons (Fsp3) is 0.111. The van der Waals surface area contributed by atoms with Crippen molar-refractivity contribution in [3.05, 3.63) is 84.0 Å². The molecule has 0 fully saturated rings. The van der Waals surface area contributed by atoms with Gasteiger partial charge in [0.15, 0.2) is 6.61 Å². The second-order valence-corrected chi connectivity index (χ2v) is 11.3. The SMILES string of the molecule is Cc1cc(S(=O)(=O)n2cc(-c3nccs3)c3cc(-c4ccc(OC(F)(F)F)cc4)ccc32)ccc1OCC(=O)O. The number of aliphatic carboxylic acids is 1. The Morgan fingerprint density at radius 3 is 2.40 bits per heavy atom. The van der Waals surface area contributed by atoms with Gasteiger partial charge < -0.3 is 14.6 Å². The average Bonchev–Trinajstić information content (AvgIpc) is 3.55. The van der Waals surface area contributed by atoms with Crippen LogP contribution in [0.15, 0.2) is 83.3 Å². The minimum atomic E-state index is -4.80. The number of ether oxygens (including phenoxy) is 2. The highest BCUT2D eigenvalue weighted by molar-refractivity contribution is 7.90. The number of rotatable bonds is 8. The molecule has 0 spiro atoms. The van der Waals surface area contributed by atoms with Gasteiger partial charge in [-0.1, -0.05) is 18.2 Å². The van der Waals surface area contributed by atoms with Crippen molar-refractivity contribution in [2.75, 3.05) is 6.61 Å². The van der Waals surface area contributed by atoms with Crippen LogP contribution in [0.25, 0.3) is 32.6 Å². The third-order valence-electron chi connectivity index (χ3n) is 5.91. The largest absolute Gasteiger partial charge is 0.573 e. The molecule has 206 valence electrons. The summed E-state index contributed by atoms with van der Waals surface area (Å²) in [6.45, 7) is 1.05. The lowest BCUT2D eigenvalue weighted by atomic mass is 10.0. The normalized spacial score (nSPS) is 12.0. The van der Waals surface area contributed by atoms with Gasteiger partial charge in [0.2, 0.25) is 0 Å². The van der Waals surface area contributed by atoms with Crippen molar-refractivity contribution in [2.24, 2.45) is 0 Å². The summed E-state index contributed by atoms with van der Waals surface area (Å²) in [6.07, 6.45) is -1.73. The van der Waals surface area contributed by atoms with Crippen LogP contribution in [0.1, 0.15) is 5.56 Å². The molecule has 1 N–H and O–H groups in total. The Morgan fingerprint density at radius 2 is 1.77 bits per heavy atom. The van der Waals surface area contributed by atoms with Crippen LogP contribution in [0.4, 0.5) is 13.2 Å². The van der Waals surface area contributed by atoms with Gasteiger partial charge in [0.1, 0.15) is 16.5 Å². The number of thiazole rings is 1. The molecule has 0 saturated heterocycles. The number of alkyl halides is 3. The van der Waals surface area contributed by atoms with Crippen LogP contribution in [0.2, 0.25) is 0 Å². The van der Waals surface area contributed by atoms with E-state index < -0.39 is 29.0 Å². The van der Waals surface area contributed by atoms with Crippen LogP contribution in [-0.4, -0.2) is 41.4 Å².